The Labute approximate surface area is 118 Å². The largest absolute Gasteiger partial charge is 0.479 e. The van der Waals surface area contributed by atoms with Crippen LogP contribution >= 0.6 is 0 Å². The van der Waals surface area contributed by atoms with Gasteiger partial charge >= 0.3 is 12.1 Å². The average molecular weight is 305 g/mol. The third-order valence-electron chi connectivity index (χ3n) is 2.92. The lowest BCUT2D eigenvalue weighted by molar-refractivity contribution is -0.203. The number of carbonyl (C=O) groups excluding carboxylic acids is 1. The fourth-order valence-corrected chi connectivity index (χ4v) is 1.56. The van der Waals surface area contributed by atoms with Crippen LogP contribution in [0, 0.1) is 0 Å². The number of methoxy groups -OCH3 is 1. The predicted octanol–water partition coefficient (Wildman–Crippen LogP) is 1.97. The van der Waals surface area contributed by atoms with Crippen LogP contribution in [-0.2, 0) is 16.1 Å². The van der Waals surface area contributed by atoms with Gasteiger partial charge in [-0.15, -0.1) is 0 Å². The molecule has 0 radical (unpaired) electrons. The summed E-state index contributed by atoms with van der Waals surface area (Å²) in [5.41, 5.74) is -3.09. The first-order chi connectivity index (χ1) is 9.63. The number of alkyl halides is 3. The van der Waals surface area contributed by atoms with E-state index in [-0.39, 0.29) is 12.2 Å². The zero-order valence-corrected chi connectivity index (χ0v) is 11.3. The van der Waals surface area contributed by atoms with Crippen LogP contribution in [0.3, 0.4) is 0 Å². The number of hydrogen-bond acceptors (Lipinski definition) is 3. The second-order valence-electron chi connectivity index (χ2n) is 4.47. The van der Waals surface area contributed by atoms with Gasteiger partial charge in [-0.3, -0.25) is 4.79 Å². The summed E-state index contributed by atoms with van der Waals surface area (Å²) in [6.45, 7) is 0.408. The van der Waals surface area contributed by atoms with E-state index in [0.717, 1.165) is 0 Å². The van der Waals surface area contributed by atoms with Gasteiger partial charge in [0.05, 0.1) is 6.61 Å². The summed E-state index contributed by atoms with van der Waals surface area (Å²) in [5, 5.41) is 10.3. The number of hydrogen-bond donors (Lipinski definition) is 2. The number of aliphatic carboxylic acids is 1. The van der Waals surface area contributed by atoms with Crippen molar-refractivity contribution in [2.75, 3.05) is 7.11 Å². The number of ether oxygens (including phenoxy) is 1. The Morgan fingerprint density at radius 2 is 1.86 bits per heavy atom. The smallest absolute Gasteiger partial charge is 0.422 e. The fraction of sp³-hybridized carbons (Fsp3) is 0.385. The normalized spacial score (nSPS) is 14.3. The minimum absolute atomic E-state index is 0.0133. The second-order valence-corrected chi connectivity index (χ2v) is 4.47. The Balaban J connectivity index is 3.13. The van der Waals surface area contributed by atoms with E-state index >= 15 is 0 Å². The molecular weight excluding hydrogens is 291 g/mol. The van der Waals surface area contributed by atoms with Crippen molar-refractivity contribution >= 4 is 11.9 Å². The highest BCUT2D eigenvalue weighted by atomic mass is 19.4. The first-order valence-electron chi connectivity index (χ1n) is 5.83. The van der Waals surface area contributed by atoms with Crippen LogP contribution in [-0.4, -0.2) is 35.8 Å². The number of rotatable bonds is 5. The van der Waals surface area contributed by atoms with Crippen LogP contribution in [0.1, 0.15) is 22.8 Å². The van der Waals surface area contributed by atoms with E-state index in [0.29, 0.717) is 12.5 Å². The fourth-order valence-electron chi connectivity index (χ4n) is 1.56. The molecule has 0 aliphatic rings. The number of nitrogens with one attached hydrogen (secondary N) is 1. The van der Waals surface area contributed by atoms with Crippen molar-refractivity contribution in [1.82, 2.24) is 5.32 Å². The first kappa shape index (κ1) is 17.0. The van der Waals surface area contributed by atoms with Crippen molar-refractivity contribution in [3.63, 3.8) is 0 Å². The quantitative estimate of drug-likeness (QED) is 0.872. The summed E-state index contributed by atoms with van der Waals surface area (Å²) >= 11 is 0. The molecule has 1 aromatic carbocycles. The Morgan fingerprint density at radius 3 is 2.33 bits per heavy atom. The molecule has 8 heteroatoms. The van der Waals surface area contributed by atoms with Crippen LogP contribution in [0.15, 0.2) is 24.3 Å². The zero-order chi connectivity index (χ0) is 16.3. The third-order valence-corrected chi connectivity index (χ3v) is 2.92. The van der Waals surface area contributed by atoms with Crippen LogP contribution in [0.4, 0.5) is 13.2 Å². The van der Waals surface area contributed by atoms with Crippen molar-refractivity contribution < 1.29 is 32.6 Å². The van der Waals surface area contributed by atoms with Crippen molar-refractivity contribution in [3.8, 4) is 0 Å². The highest BCUT2D eigenvalue weighted by Gasteiger charge is 2.58. The van der Waals surface area contributed by atoms with Gasteiger partial charge in [0.15, 0.2) is 0 Å². The van der Waals surface area contributed by atoms with E-state index in [1.54, 1.807) is 6.07 Å². The maximum Gasteiger partial charge on any atom is 0.422 e. The van der Waals surface area contributed by atoms with Gasteiger partial charge in [-0.1, -0.05) is 18.2 Å². The Kier molecular flexibility index (Phi) is 4.95. The molecule has 2 N–H and O–H groups in total. The summed E-state index contributed by atoms with van der Waals surface area (Å²) in [4.78, 5) is 22.9. The van der Waals surface area contributed by atoms with Gasteiger partial charge in [0.2, 0.25) is 5.54 Å². The molecule has 1 unspecified atom stereocenters. The number of benzene rings is 1. The van der Waals surface area contributed by atoms with Crippen LogP contribution in [0.25, 0.3) is 0 Å². The Hall–Kier alpha value is -2.09. The van der Waals surface area contributed by atoms with Crippen molar-refractivity contribution in [1.29, 1.82) is 0 Å². The SMILES string of the molecule is COCc1ccccc1C(=O)NC(C)(C(=O)O)C(F)(F)F. The lowest BCUT2D eigenvalue weighted by atomic mass is 10.00. The summed E-state index contributed by atoms with van der Waals surface area (Å²) < 4.78 is 43.4. The maximum atomic E-state index is 12.9. The molecule has 0 heterocycles. The van der Waals surface area contributed by atoms with E-state index in [1.165, 1.54) is 30.6 Å². The highest BCUT2D eigenvalue weighted by molar-refractivity contribution is 5.99. The molecule has 0 bridgehead atoms. The van der Waals surface area contributed by atoms with Gasteiger partial charge in [-0.2, -0.15) is 13.2 Å². The Morgan fingerprint density at radius 1 is 1.29 bits per heavy atom. The molecule has 1 aromatic rings. The molecular formula is C13H14F3NO4. The van der Waals surface area contributed by atoms with Crippen LogP contribution < -0.4 is 5.32 Å². The molecule has 0 aliphatic heterocycles. The van der Waals surface area contributed by atoms with E-state index in [1.807, 2.05) is 0 Å². The van der Waals surface area contributed by atoms with Gasteiger partial charge < -0.3 is 15.2 Å². The molecule has 0 saturated heterocycles. The summed E-state index contributed by atoms with van der Waals surface area (Å²) in [7, 11) is 1.37. The number of amides is 1. The summed E-state index contributed by atoms with van der Waals surface area (Å²) in [6.07, 6.45) is -5.13. The van der Waals surface area contributed by atoms with E-state index in [4.69, 9.17) is 9.84 Å². The van der Waals surface area contributed by atoms with Gasteiger partial charge in [0.1, 0.15) is 0 Å². The minimum atomic E-state index is -5.13. The zero-order valence-electron chi connectivity index (χ0n) is 11.3. The minimum Gasteiger partial charge on any atom is -0.479 e. The van der Waals surface area contributed by atoms with Gasteiger partial charge in [-0.05, 0) is 18.6 Å². The highest BCUT2D eigenvalue weighted by Crippen LogP contribution is 2.30. The monoisotopic (exact) mass is 305 g/mol. The summed E-state index contributed by atoms with van der Waals surface area (Å²) in [5.74, 6) is -3.32. The summed E-state index contributed by atoms with van der Waals surface area (Å²) in [6, 6.07) is 5.84. The second kappa shape index (κ2) is 6.13. The van der Waals surface area contributed by atoms with E-state index in [9.17, 15) is 22.8 Å². The Bertz CT molecular complexity index is 544. The third kappa shape index (κ3) is 3.52. The molecule has 0 fully saturated rings. The van der Waals surface area contributed by atoms with Crippen molar-refractivity contribution in [2.45, 2.75) is 25.2 Å². The molecule has 5 nitrogen and oxygen atoms in total. The first-order valence-corrected chi connectivity index (χ1v) is 5.83. The topological polar surface area (TPSA) is 75.6 Å². The molecule has 116 valence electrons. The van der Waals surface area contributed by atoms with E-state index < -0.39 is 23.6 Å². The van der Waals surface area contributed by atoms with Crippen molar-refractivity contribution in [2.24, 2.45) is 0 Å². The predicted molar refractivity (Wildman–Crippen MR) is 66.7 cm³/mol. The molecule has 1 atom stereocenters. The van der Waals surface area contributed by atoms with E-state index in [2.05, 4.69) is 0 Å². The molecule has 21 heavy (non-hydrogen) atoms. The molecule has 0 saturated carbocycles. The van der Waals surface area contributed by atoms with Crippen LogP contribution in [0.5, 0.6) is 0 Å². The van der Waals surface area contributed by atoms with Gasteiger partial charge in [0.25, 0.3) is 5.91 Å². The standard InChI is InChI=1S/C13H14F3NO4/c1-12(11(19)20,13(14,15)16)17-10(18)9-6-4-3-5-8(9)7-21-2/h3-6H,7H2,1-2H3,(H,17,18)(H,19,20). The molecule has 1 rings (SSSR count). The number of carbonyl (C=O) groups is 2. The number of carboxylic acid groups (broad SMARTS) is 1. The average Bonchev–Trinajstić information content (AvgIpc) is 2.38. The van der Waals surface area contributed by atoms with Crippen LogP contribution in [0.2, 0.25) is 0 Å². The maximum absolute atomic E-state index is 12.9. The number of halogens is 3. The molecule has 0 aliphatic carbocycles. The number of carboxylic acids is 1. The van der Waals surface area contributed by atoms with Gasteiger partial charge in [0, 0.05) is 12.7 Å². The molecule has 1 amide bonds. The van der Waals surface area contributed by atoms with Crippen molar-refractivity contribution in [3.05, 3.63) is 35.4 Å². The van der Waals surface area contributed by atoms with Gasteiger partial charge in [-0.25, -0.2) is 4.79 Å². The lowest BCUT2D eigenvalue weighted by Gasteiger charge is -2.28. The lowest BCUT2D eigenvalue weighted by Crippen LogP contribution is -2.62. The molecule has 0 spiro atoms. The molecule has 0 aromatic heterocycles.